The average Bonchev–Trinajstić information content (AvgIpc) is 2.87. The highest BCUT2D eigenvalue weighted by Gasteiger charge is 2.68. The zero-order valence-electron chi connectivity index (χ0n) is 22.3. The number of carbonyl (C=O) groups excluding carboxylic acids is 3. The Bertz CT molecular complexity index is 1260. The number of amides is 1. The lowest BCUT2D eigenvalue weighted by molar-refractivity contribution is -0.169. The molecule has 0 aliphatic heterocycles. The fraction of sp³-hybridized carbons (Fsp3) is 0.536. The van der Waals surface area contributed by atoms with Crippen LogP contribution in [0.1, 0.15) is 49.7 Å². The van der Waals surface area contributed by atoms with E-state index in [-0.39, 0.29) is 16.9 Å². The van der Waals surface area contributed by atoms with Crippen molar-refractivity contribution in [2.45, 2.75) is 56.3 Å². The van der Waals surface area contributed by atoms with Crippen LogP contribution >= 0.6 is 11.8 Å². The number of phenols is 1. The zero-order valence-corrected chi connectivity index (χ0v) is 23.1. The smallest absolute Gasteiger partial charge is 0.255 e. The van der Waals surface area contributed by atoms with E-state index in [2.05, 4.69) is 6.92 Å². The predicted molar refractivity (Wildman–Crippen MR) is 146 cm³/mol. The maximum atomic E-state index is 14.1. The number of fused-ring (bicyclic) bond motifs is 3. The molecule has 0 heterocycles. The second kappa shape index (κ2) is 11.0. The first-order chi connectivity index (χ1) is 18.4. The molecule has 0 bridgehead atoms. The molecule has 1 fully saturated rings. The number of primary amides is 1. The molecule has 4 rings (SSSR count). The number of benzene rings is 1. The van der Waals surface area contributed by atoms with E-state index in [4.69, 9.17) is 5.73 Å². The summed E-state index contributed by atoms with van der Waals surface area (Å²) in [6, 6.07) is 3.30. The average molecular weight is 561 g/mol. The number of hydrogen-bond donors (Lipinski definition) is 6. The van der Waals surface area contributed by atoms with Gasteiger partial charge in [0.2, 0.25) is 5.78 Å². The number of nitrogens with two attached hydrogens (primary N) is 1. The fourth-order valence-electron chi connectivity index (χ4n) is 6.43. The van der Waals surface area contributed by atoms with Gasteiger partial charge in [-0.1, -0.05) is 38.3 Å². The Kier molecular flexibility index (Phi) is 8.18. The van der Waals surface area contributed by atoms with E-state index < -0.39 is 70.1 Å². The Balaban J connectivity index is 1.89. The van der Waals surface area contributed by atoms with E-state index in [0.29, 0.717) is 11.3 Å². The lowest BCUT2D eigenvalue weighted by Crippen LogP contribution is -2.70. The third-order valence-corrected chi connectivity index (χ3v) is 9.41. The van der Waals surface area contributed by atoms with E-state index in [9.17, 15) is 39.9 Å². The quantitative estimate of drug-likeness (QED) is 0.192. The molecule has 39 heavy (non-hydrogen) atoms. The van der Waals surface area contributed by atoms with Gasteiger partial charge in [0, 0.05) is 23.2 Å². The van der Waals surface area contributed by atoms with Crippen molar-refractivity contribution in [2.75, 3.05) is 25.6 Å². The van der Waals surface area contributed by atoms with Crippen molar-refractivity contribution < 1.29 is 39.9 Å². The molecule has 212 valence electrons. The minimum atomic E-state index is -2.91. The summed E-state index contributed by atoms with van der Waals surface area (Å²) in [5.41, 5.74) is 1.69. The van der Waals surface area contributed by atoms with E-state index in [1.54, 1.807) is 23.9 Å². The Hall–Kier alpha value is -2.86. The van der Waals surface area contributed by atoms with Gasteiger partial charge in [0.05, 0.1) is 23.6 Å². The number of aromatic hydroxyl groups is 1. The summed E-state index contributed by atoms with van der Waals surface area (Å²) in [5, 5.41) is 56.6. The van der Waals surface area contributed by atoms with Gasteiger partial charge in [-0.05, 0) is 37.9 Å². The van der Waals surface area contributed by atoms with E-state index in [1.807, 2.05) is 0 Å². The molecule has 0 radical (unpaired) electrons. The molecule has 3 aliphatic carbocycles. The SMILES string of the molecule is CCCCCCSC[C@@H]1c2cccc(O)c2C(O)=C2C(=O)[C@@]3(O)C(O)=C(C(N)=O)C(=O)[C@H](N(C)C)[C@H]3[C@H](O)[C@H]21. The maximum Gasteiger partial charge on any atom is 0.255 e. The van der Waals surface area contributed by atoms with Crippen molar-refractivity contribution in [1.82, 2.24) is 4.90 Å². The molecule has 1 saturated carbocycles. The van der Waals surface area contributed by atoms with Crippen LogP contribution in [0, 0.1) is 11.8 Å². The van der Waals surface area contributed by atoms with Crippen LogP contribution in [0.2, 0.25) is 0 Å². The molecule has 6 atom stereocenters. The Morgan fingerprint density at radius 2 is 1.82 bits per heavy atom. The lowest BCUT2D eigenvalue weighted by atomic mass is 9.54. The van der Waals surface area contributed by atoms with Gasteiger partial charge in [-0.25, -0.2) is 0 Å². The Morgan fingerprint density at radius 1 is 1.13 bits per heavy atom. The highest BCUT2D eigenvalue weighted by molar-refractivity contribution is 7.99. The van der Waals surface area contributed by atoms with E-state index in [1.165, 1.54) is 25.1 Å². The fourth-order valence-corrected chi connectivity index (χ4v) is 7.65. The van der Waals surface area contributed by atoms with Crippen molar-refractivity contribution >= 4 is 35.0 Å². The lowest BCUT2D eigenvalue weighted by Gasteiger charge is -2.54. The monoisotopic (exact) mass is 560 g/mol. The van der Waals surface area contributed by atoms with Gasteiger partial charge in [-0.2, -0.15) is 11.8 Å². The maximum absolute atomic E-state index is 14.1. The molecule has 0 spiro atoms. The molecule has 1 aromatic rings. The number of phenolic OH excluding ortho intramolecular Hbond substituents is 1. The highest BCUT2D eigenvalue weighted by Crippen LogP contribution is 2.56. The van der Waals surface area contributed by atoms with Crippen LogP contribution in [0.5, 0.6) is 5.75 Å². The normalized spacial score (nSPS) is 30.4. The van der Waals surface area contributed by atoms with E-state index >= 15 is 0 Å². The third-order valence-electron chi connectivity index (χ3n) is 8.24. The Morgan fingerprint density at radius 3 is 2.44 bits per heavy atom. The first-order valence-electron chi connectivity index (χ1n) is 13.1. The van der Waals surface area contributed by atoms with Crippen LogP contribution in [-0.2, 0) is 14.4 Å². The van der Waals surface area contributed by atoms with Crippen LogP contribution in [0.15, 0.2) is 35.1 Å². The van der Waals surface area contributed by atoms with Gasteiger partial charge < -0.3 is 31.3 Å². The highest BCUT2D eigenvalue weighted by atomic mass is 32.2. The molecule has 0 aromatic heterocycles. The largest absolute Gasteiger partial charge is 0.508 e. The number of Topliss-reactive ketones (excluding diaryl/α,β-unsaturated/α-hetero) is 2. The number of aliphatic hydroxyl groups excluding tert-OH is 3. The molecule has 10 nitrogen and oxygen atoms in total. The van der Waals surface area contributed by atoms with Gasteiger partial charge in [-0.15, -0.1) is 0 Å². The summed E-state index contributed by atoms with van der Waals surface area (Å²) in [7, 11) is 2.98. The topological polar surface area (TPSA) is 182 Å². The molecule has 1 aromatic carbocycles. The summed E-state index contributed by atoms with van der Waals surface area (Å²) in [6.45, 7) is 2.12. The molecule has 11 heteroatoms. The first kappa shape index (κ1) is 29.1. The van der Waals surface area contributed by atoms with Crippen LogP contribution in [-0.4, -0.2) is 91.3 Å². The second-order valence-corrected chi connectivity index (χ2v) is 11.9. The minimum absolute atomic E-state index is 0.0116. The summed E-state index contributed by atoms with van der Waals surface area (Å²) >= 11 is 1.61. The van der Waals surface area contributed by atoms with E-state index in [0.717, 1.165) is 31.4 Å². The number of likely N-dealkylation sites (N-methyl/N-ethyl adjacent to an activating group) is 1. The molecule has 1 amide bonds. The second-order valence-electron chi connectivity index (χ2n) is 10.7. The van der Waals surface area contributed by atoms with Crippen molar-refractivity contribution in [3.63, 3.8) is 0 Å². The van der Waals surface area contributed by atoms with Crippen LogP contribution in [0.4, 0.5) is 0 Å². The van der Waals surface area contributed by atoms with Crippen LogP contribution < -0.4 is 5.73 Å². The number of hydrogen-bond acceptors (Lipinski definition) is 10. The zero-order chi connectivity index (χ0) is 28.8. The molecular formula is C28H36N2O8S. The molecular weight excluding hydrogens is 524 g/mol. The van der Waals surface area contributed by atoms with Gasteiger partial charge >= 0.3 is 0 Å². The van der Waals surface area contributed by atoms with Crippen molar-refractivity contribution in [2.24, 2.45) is 17.6 Å². The summed E-state index contributed by atoms with van der Waals surface area (Å²) in [6.07, 6.45) is 2.66. The van der Waals surface area contributed by atoms with Crippen molar-refractivity contribution in [1.29, 1.82) is 0 Å². The number of unbranched alkanes of at least 4 members (excludes halogenated alkanes) is 3. The molecule has 3 aliphatic rings. The minimum Gasteiger partial charge on any atom is -0.508 e. The van der Waals surface area contributed by atoms with Gasteiger partial charge in [0.15, 0.2) is 11.4 Å². The van der Waals surface area contributed by atoms with Gasteiger partial charge in [-0.3, -0.25) is 19.3 Å². The Labute approximate surface area is 231 Å². The van der Waals surface area contributed by atoms with Crippen LogP contribution in [0.25, 0.3) is 5.76 Å². The molecule has 0 unspecified atom stereocenters. The van der Waals surface area contributed by atoms with Crippen molar-refractivity contribution in [3.05, 3.63) is 46.2 Å². The third kappa shape index (κ3) is 4.45. The summed E-state index contributed by atoms with van der Waals surface area (Å²) < 4.78 is 0. The van der Waals surface area contributed by atoms with Crippen LogP contribution in [0.3, 0.4) is 0 Å². The van der Waals surface area contributed by atoms with Crippen molar-refractivity contribution in [3.8, 4) is 5.75 Å². The standard InChI is InChI=1S/C28H36N2O8S/c1-4-5-6-7-11-39-12-14-13-9-8-10-15(31)16(13)22(32)18-17(14)23(33)20-21(30(2)3)24(34)19(27(29)37)26(36)28(20,38)25(18)35/h8-10,14,17,20-21,23,31-33,36,38H,4-7,11-12H2,1-3H3,(H2,29,37)/t14-,17+,20+,21-,23-,28-/m1/s1. The summed E-state index contributed by atoms with van der Waals surface area (Å²) in [5.74, 6) is -7.49. The molecule has 0 saturated heterocycles. The number of rotatable bonds is 9. The number of nitrogens with zero attached hydrogens (tertiary/aromatic N) is 1. The number of carbonyl (C=O) groups is 3. The van der Waals surface area contributed by atoms with Gasteiger partial charge in [0.25, 0.3) is 5.91 Å². The number of ketones is 2. The number of aliphatic hydroxyl groups is 4. The van der Waals surface area contributed by atoms with Gasteiger partial charge in [0.1, 0.15) is 22.8 Å². The molecule has 7 N–H and O–H groups in total. The first-order valence-corrected chi connectivity index (χ1v) is 14.3. The predicted octanol–water partition coefficient (Wildman–Crippen LogP) is 1.79. The number of thioether (sulfide) groups is 1. The summed E-state index contributed by atoms with van der Waals surface area (Å²) in [4.78, 5) is 40.9.